The lowest BCUT2D eigenvalue weighted by atomic mass is 10.2. The molecule has 1 aromatic rings. The first-order valence-electron chi connectivity index (χ1n) is 10.2. The highest BCUT2D eigenvalue weighted by Gasteiger charge is 2.21. The number of nitrogens with one attached hydrogen (secondary N) is 2. The molecule has 6 heteroatoms. The number of piperazine rings is 1. The second-order valence-corrected chi connectivity index (χ2v) is 7.70. The summed E-state index contributed by atoms with van der Waals surface area (Å²) in [5.41, 5.74) is 2.72. The number of aliphatic imine (C=N–C) groups is 1. The van der Waals surface area contributed by atoms with E-state index in [2.05, 4.69) is 56.6 Å². The van der Waals surface area contributed by atoms with Crippen LogP contribution >= 0.6 is 24.0 Å². The minimum absolute atomic E-state index is 0. The van der Waals surface area contributed by atoms with Gasteiger partial charge in [0.05, 0.1) is 0 Å². The van der Waals surface area contributed by atoms with E-state index in [9.17, 15) is 0 Å². The van der Waals surface area contributed by atoms with E-state index in [4.69, 9.17) is 0 Å². The molecule has 152 valence electrons. The van der Waals surface area contributed by atoms with Crippen LogP contribution in [0, 0.1) is 12.8 Å². The Morgan fingerprint density at radius 3 is 2.56 bits per heavy atom. The number of hydrogen-bond acceptors (Lipinski definition) is 3. The SMILES string of the molecule is CN=C(NCCCCN1CCN(c2cccc(C)c2)CC1)NCC1CC1.I. The largest absolute Gasteiger partial charge is 0.369 e. The third-order valence-corrected chi connectivity index (χ3v) is 5.41. The van der Waals surface area contributed by atoms with Gasteiger partial charge in [0, 0.05) is 52.0 Å². The molecule has 0 atom stereocenters. The molecule has 1 heterocycles. The molecular weight excluding hydrogens is 449 g/mol. The van der Waals surface area contributed by atoms with Gasteiger partial charge in [-0.05, 0) is 62.8 Å². The summed E-state index contributed by atoms with van der Waals surface area (Å²) in [5, 5.41) is 6.86. The van der Waals surface area contributed by atoms with Crippen molar-refractivity contribution >= 4 is 35.6 Å². The Bertz CT molecular complexity index is 580. The zero-order valence-electron chi connectivity index (χ0n) is 16.9. The van der Waals surface area contributed by atoms with Gasteiger partial charge in [-0.25, -0.2) is 0 Å². The summed E-state index contributed by atoms with van der Waals surface area (Å²) in [6.07, 6.45) is 5.20. The maximum Gasteiger partial charge on any atom is 0.190 e. The third kappa shape index (κ3) is 7.86. The number of halogens is 1. The highest BCUT2D eigenvalue weighted by Crippen LogP contribution is 2.27. The molecule has 0 spiro atoms. The normalized spacial score (nSPS) is 18.1. The van der Waals surface area contributed by atoms with Crippen molar-refractivity contribution < 1.29 is 0 Å². The zero-order chi connectivity index (χ0) is 18.2. The number of nitrogens with zero attached hydrogens (tertiary/aromatic N) is 3. The summed E-state index contributed by atoms with van der Waals surface area (Å²) in [6.45, 7) is 10.1. The molecule has 1 aliphatic carbocycles. The molecule has 2 fully saturated rings. The Labute approximate surface area is 182 Å². The van der Waals surface area contributed by atoms with Crippen LogP contribution in [0.2, 0.25) is 0 Å². The van der Waals surface area contributed by atoms with Crippen molar-refractivity contribution in [1.82, 2.24) is 15.5 Å². The summed E-state index contributed by atoms with van der Waals surface area (Å²) in [6, 6.07) is 8.87. The number of aryl methyl sites for hydroxylation is 1. The molecule has 1 saturated carbocycles. The molecule has 0 radical (unpaired) electrons. The summed E-state index contributed by atoms with van der Waals surface area (Å²) >= 11 is 0. The summed E-state index contributed by atoms with van der Waals surface area (Å²) < 4.78 is 0. The average molecular weight is 485 g/mol. The van der Waals surface area contributed by atoms with Crippen LogP contribution in [0.3, 0.4) is 0 Å². The zero-order valence-corrected chi connectivity index (χ0v) is 19.2. The molecule has 2 N–H and O–H groups in total. The molecule has 5 nitrogen and oxygen atoms in total. The molecule has 1 saturated heterocycles. The second kappa shape index (κ2) is 11.7. The van der Waals surface area contributed by atoms with Gasteiger partial charge in [0.2, 0.25) is 0 Å². The van der Waals surface area contributed by atoms with E-state index in [-0.39, 0.29) is 24.0 Å². The van der Waals surface area contributed by atoms with Crippen LogP contribution in [0.5, 0.6) is 0 Å². The lowest BCUT2D eigenvalue weighted by Gasteiger charge is -2.36. The van der Waals surface area contributed by atoms with Crippen LogP contribution in [-0.4, -0.2) is 63.7 Å². The lowest BCUT2D eigenvalue weighted by Crippen LogP contribution is -2.46. The van der Waals surface area contributed by atoms with Crippen molar-refractivity contribution in [3.8, 4) is 0 Å². The van der Waals surface area contributed by atoms with Gasteiger partial charge in [-0.15, -0.1) is 24.0 Å². The molecule has 27 heavy (non-hydrogen) atoms. The number of rotatable bonds is 8. The number of anilines is 1. The van der Waals surface area contributed by atoms with Crippen molar-refractivity contribution in [1.29, 1.82) is 0 Å². The van der Waals surface area contributed by atoms with Crippen LogP contribution in [0.25, 0.3) is 0 Å². The second-order valence-electron chi connectivity index (χ2n) is 7.70. The summed E-state index contributed by atoms with van der Waals surface area (Å²) in [4.78, 5) is 9.42. The minimum atomic E-state index is 0. The van der Waals surface area contributed by atoms with Gasteiger partial charge >= 0.3 is 0 Å². The van der Waals surface area contributed by atoms with Gasteiger partial charge in [-0.3, -0.25) is 9.89 Å². The van der Waals surface area contributed by atoms with E-state index in [0.717, 1.165) is 38.1 Å². The first kappa shape index (κ1) is 22.3. The Hall–Kier alpha value is -1.02. The molecule has 0 bridgehead atoms. The molecule has 0 unspecified atom stereocenters. The molecule has 1 aliphatic heterocycles. The lowest BCUT2D eigenvalue weighted by molar-refractivity contribution is 0.253. The van der Waals surface area contributed by atoms with Crippen molar-refractivity contribution in [3.05, 3.63) is 29.8 Å². The molecule has 0 amide bonds. The van der Waals surface area contributed by atoms with Gasteiger partial charge in [-0.2, -0.15) is 0 Å². The van der Waals surface area contributed by atoms with Gasteiger partial charge in [0.25, 0.3) is 0 Å². The molecular formula is C21H36IN5. The van der Waals surface area contributed by atoms with E-state index in [0.29, 0.717) is 0 Å². The van der Waals surface area contributed by atoms with Crippen molar-refractivity contribution in [2.45, 2.75) is 32.6 Å². The Morgan fingerprint density at radius 2 is 1.89 bits per heavy atom. The monoisotopic (exact) mass is 485 g/mol. The van der Waals surface area contributed by atoms with Gasteiger partial charge in [-0.1, -0.05) is 12.1 Å². The van der Waals surface area contributed by atoms with Crippen molar-refractivity contribution in [2.24, 2.45) is 10.9 Å². The van der Waals surface area contributed by atoms with Gasteiger partial charge in [0.1, 0.15) is 0 Å². The van der Waals surface area contributed by atoms with Crippen molar-refractivity contribution in [3.63, 3.8) is 0 Å². The first-order chi connectivity index (χ1) is 12.7. The van der Waals surface area contributed by atoms with Crippen LogP contribution in [0.15, 0.2) is 29.3 Å². The average Bonchev–Trinajstić information content (AvgIpc) is 3.49. The number of unbranched alkanes of at least 4 members (excludes halogenated alkanes) is 1. The Balaban J connectivity index is 0.00000261. The quantitative estimate of drug-likeness (QED) is 0.257. The van der Waals surface area contributed by atoms with E-state index < -0.39 is 0 Å². The predicted molar refractivity (Wildman–Crippen MR) is 127 cm³/mol. The van der Waals surface area contributed by atoms with Crippen LogP contribution in [0.1, 0.15) is 31.2 Å². The Kier molecular flexibility index (Phi) is 9.68. The maximum atomic E-state index is 4.30. The van der Waals surface area contributed by atoms with Crippen molar-refractivity contribution in [2.75, 3.05) is 57.8 Å². The van der Waals surface area contributed by atoms with Gasteiger partial charge < -0.3 is 15.5 Å². The van der Waals surface area contributed by atoms with Crippen LogP contribution < -0.4 is 15.5 Å². The number of benzene rings is 1. The smallest absolute Gasteiger partial charge is 0.190 e. The number of hydrogen-bond donors (Lipinski definition) is 2. The standard InChI is InChI=1S/C21H35N5.HI/c1-18-6-5-7-20(16-18)26-14-12-25(13-15-26)11-4-3-10-23-21(22-2)24-17-19-8-9-19;/h5-7,16,19H,3-4,8-15,17H2,1-2H3,(H2,22,23,24);1H. The highest BCUT2D eigenvalue weighted by molar-refractivity contribution is 14.0. The molecule has 1 aromatic carbocycles. The van der Waals surface area contributed by atoms with E-state index >= 15 is 0 Å². The van der Waals surface area contributed by atoms with E-state index in [1.807, 2.05) is 7.05 Å². The van der Waals surface area contributed by atoms with Crippen LogP contribution in [-0.2, 0) is 0 Å². The van der Waals surface area contributed by atoms with Gasteiger partial charge in [0.15, 0.2) is 5.96 Å². The summed E-state index contributed by atoms with van der Waals surface area (Å²) in [7, 11) is 1.86. The maximum absolute atomic E-state index is 4.30. The first-order valence-corrected chi connectivity index (χ1v) is 10.2. The van der Waals surface area contributed by atoms with E-state index in [1.54, 1.807) is 0 Å². The fourth-order valence-electron chi connectivity index (χ4n) is 3.51. The fraction of sp³-hybridized carbons (Fsp3) is 0.667. The predicted octanol–water partition coefficient (Wildman–Crippen LogP) is 3.09. The molecule has 3 rings (SSSR count). The fourth-order valence-corrected chi connectivity index (χ4v) is 3.51. The topological polar surface area (TPSA) is 42.9 Å². The minimum Gasteiger partial charge on any atom is -0.369 e. The highest BCUT2D eigenvalue weighted by atomic mass is 127. The van der Waals surface area contributed by atoms with Crippen LogP contribution in [0.4, 0.5) is 5.69 Å². The Morgan fingerprint density at radius 1 is 1.11 bits per heavy atom. The molecule has 2 aliphatic rings. The molecule has 0 aromatic heterocycles. The number of guanidine groups is 1. The third-order valence-electron chi connectivity index (χ3n) is 5.41. The van der Waals surface area contributed by atoms with E-state index in [1.165, 1.54) is 56.6 Å². The summed E-state index contributed by atoms with van der Waals surface area (Å²) in [5.74, 6) is 1.84.